The summed E-state index contributed by atoms with van der Waals surface area (Å²) in [4.78, 5) is 12.8. The van der Waals surface area contributed by atoms with Crippen molar-refractivity contribution in [2.24, 2.45) is 0 Å². The average Bonchev–Trinajstić information content (AvgIpc) is 2.29. The zero-order chi connectivity index (χ0) is 11.8. The molecule has 1 unspecified atom stereocenters. The van der Waals surface area contributed by atoms with Crippen LogP contribution >= 0.6 is 0 Å². The van der Waals surface area contributed by atoms with Gasteiger partial charge in [0.1, 0.15) is 0 Å². The standard InChI is InChI=1S/C12H24N2O2/c1-14(2)12(15)7-10-16-9-6-11-5-3-4-8-13-11/h11,13H,3-10H2,1-2H3. The summed E-state index contributed by atoms with van der Waals surface area (Å²) in [5.74, 6) is 0.135. The summed E-state index contributed by atoms with van der Waals surface area (Å²) in [6.45, 7) is 2.45. The fraction of sp³-hybridized carbons (Fsp3) is 0.917. The van der Waals surface area contributed by atoms with Gasteiger partial charge in [-0.25, -0.2) is 0 Å². The molecule has 0 aromatic rings. The third kappa shape index (κ3) is 5.47. The van der Waals surface area contributed by atoms with Crippen molar-refractivity contribution < 1.29 is 9.53 Å². The maximum Gasteiger partial charge on any atom is 0.224 e. The number of hydrogen-bond donors (Lipinski definition) is 1. The van der Waals surface area contributed by atoms with Crippen LogP contribution in [0.4, 0.5) is 0 Å². The van der Waals surface area contributed by atoms with Crippen molar-refractivity contribution in [1.82, 2.24) is 10.2 Å². The first kappa shape index (κ1) is 13.5. The molecule has 0 saturated carbocycles. The van der Waals surface area contributed by atoms with Crippen molar-refractivity contribution in [3.05, 3.63) is 0 Å². The van der Waals surface area contributed by atoms with Crippen LogP contribution in [-0.2, 0) is 9.53 Å². The maximum atomic E-state index is 11.2. The predicted molar refractivity (Wildman–Crippen MR) is 64.4 cm³/mol. The van der Waals surface area contributed by atoms with Gasteiger partial charge in [0.15, 0.2) is 0 Å². The molecule has 16 heavy (non-hydrogen) atoms. The first-order chi connectivity index (χ1) is 7.70. The largest absolute Gasteiger partial charge is 0.381 e. The molecule has 0 aromatic heterocycles. The minimum absolute atomic E-state index is 0.135. The van der Waals surface area contributed by atoms with Gasteiger partial charge in [-0.15, -0.1) is 0 Å². The Morgan fingerprint density at radius 1 is 1.38 bits per heavy atom. The molecule has 1 aliphatic rings. The van der Waals surface area contributed by atoms with E-state index in [1.807, 2.05) is 0 Å². The molecule has 1 fully saturated rings. The lowest BCUT2D eigenvalue weighted by Gasteiger charge is -2.23. The Labute approximate surface area is 98.3 Å². The van der Waals surface area contributed by atoms with Gasteiger partial charge in [-0.1, -0.05) is 6.42 Å². The van der Waals surface area contributed by atoms with E-state index in [2.05, 4.69) is 5.32 Å². The van der Waals surface area contributed by atoms with E-state index in [0.29, 0.717) is 19.1 Å². The summed E-state index contributed by atoms with van der Waals surface area (Å²) in [6, 6.07) is 0.623. The molecule has 1 rings (SSSR count). The van der Waals surface area contributed by atoms with Crippen LogP contribution in [0.2, 0.25) is 0 Å². The number of ether oxygens (including phenoxy) is 1. The van der Waals surface area contributed by atoms with Gasteiger partial charge in [-0.05, 0) is 25.8 Å². The molecule has 1 N–H and O–H groups in total. The minimum atomic E-state index is 0.135. The van der Waals surface area contributed by atoms with Crippen LogP contribution in [0.1, 0.15) is 32.1 Å². The topological polar surface area (TPSA) is 41.6 Å². The zero-order valence-electron chi connectivity index (χ0n) is 10.5. The maximum absolute atomic E-state index is 11.2. The Balaban J connectivity index is 1.93. The molecule has 1 amide bonds. The fourth-order valence-electron chi connectivity index (χ4n) is 1.88. The highest BCUT2D eigenvalue weighted by Crippen LogP contribution is 2.09. The second-order valence-corrected chi connectivity index (χ2v) is 4.59. The van der Waals surface area contributed by atoms with E-state index in [4.69, 9.17) is 4.74 Å². The summed E-state index contributed by atoms with van der Waals surface area (Å²) in [6.07, 6.45) is 5.45. The van der Waals surface area contributed by atoms with Crippen LogP contribution in [-0.4, -0.2) is 50.7 Å². The predicted octanol–water partition coefficient (Wildman–Crippen LogP) is 1.01. The van der Waals surface area contributed by atoms with Crippen molar-refractivity contribution >= 4 is 5.91 Å². The molecule has 0 aliphatic carbocycles. The Kier molecular flexibility index (Phi) is 6.42. The number of amides is 1. The van der Waals surface area contributed by atoms with Crippen LogP contribution in [0.25, 0.3) is 0 Å². The van der Waals surface area contributed by atoms with E-state index in [9.17, 15) is 4.79 Å². The monoisotopic (exact) mass is 228 g/mol. The number of rotatable bonds is 6. The van der Waals surface area contributed by atoms with Gasteiger partial charge in [0.2, 0.25) is 5.91 Å². The summed E-state index contributed by atoms with van der Waals surface area (Å²) >= 11 is 0. The van der Waals surface area contributed by atoms with Crippen LogP contribution in [0.3, 0.4) is 0 Å². The molecule has 4 nitrogen and oxygen atoms in total. The Hall–Kier alpha value is -0.610. The van der Waals surface area contributed by atoms with Crippen molar-refractivity contribution in [2.45, 2.75) is 38.1 Å². The van der Waals surface area contributed by atoms with Crippen LogP contribution < -0.4 is 5.32 Å². The van der Waals surface area contributed by atoms with Crippen molar-refractivity contribution in [2.75, 3.05) is 33.9 Å². The van der Waals surface area contributed by atoms with Crippen LogP contribution in [0.15, 0.2) is 0 Å². The molecule has 1 heterocycles. The number of carbonyl (C=O) groups excluding carboxylic acids is 1. The summed E-state index contributed by atoms with van der Waals surface area (Å²) in [5.41, 5.74) is 0. The molecular formula is C12H24N2O2. The second kappa shape index (κ2) is 7.63. The van der Waals surface area contributed by atoms with Gasteiger partial charge >= 0.3 is 0 Å². The lowest BCUT2D eigenvalue weighted by molar-refractivity contribution is -0.129. The third-order valence-corrected chi connectivity index (χ3v) is 2.98. The fourth-order valence-corrected chi connectivity index (χ4v) is 1.88. The van der Waals surface area contributed by atoms with E-state index in [1.54, 1.807) is 19.0 Å². The van der Waals surface area contributed by atoms with E-state index < -0.39 is 0 Å². The van der Waals surface area contributed by atoms with Crippen molar-refractivity contribution in [3.8, 4) is 0 Å². The van der Waals surface area contributed by atoms with Gasteiger partial charge in [-0.3, -0.25) is 4.79 Å². The molecule has 94 valence electrons. The normalized spacial score (nSPS) is 20.8. The molecular weight excluding hydrogens is 204 g/mol. The lowest BCUT2D eigenvalue weighted by atomic mass is 10.0. The lowest BCUT2D eigenvalue weighted by Crippen LogP contribution is -2.34. The molecule has 1 aliphatic heterocycles. The SMILES string of the molecule is CN(C)C(=O)CCOCCC1CCCCN1. The highest BCUT2D eigenvalue weighted by molar-refractivity contribution is 5.75. The Morgan fingerprint density at radius 2 is 2.19 bits per heavy atom. The molecule has 1 atom stereocenters. The van der Waals surface area contributed by atoms with Crippen molar-refractivity contribution in [3.63, 3.8) is 0 Å². The Bertz CT molecular complexity index is 201. The zero-order valence-corrected chi connectivity index (χ0v) is 10.5. The van der Waals surface area contributed by atoms with Crippen LogP contribution in [0, 0.1) is 0 Å². The molecule has 0 spiro atoms. The Morgan fingerprint density at radius 3 is 2.81 bits per heavy atom. The van der Waals surface area contributed by atoms with E-state index in [-0.39, 0.29) is 5.91 Å². The van der Waals surface area contributed by atoms with Crippen LogP contribution in [0.5, 0.6) is 0 Å². The van der Waals surface area contributed by atoms with Gasteiger partial charge in [0.05, 0.1) is 13.0 Å². The molecule has 0 aromatic carbocycles. The smallest absolute Gasteiger partial charge is 0.224 e. The number of hydrogen-bond acceptors (Lipinski definition) is 3. The van der Waals surface area contributed by atoms with Gasteiger partial charge in [0, 0.05) is 26.7 Å². The van der Waals surface area contributed by atoms with E-state index >= 15 is 0 Å². The summed E-state index contributed by atoms with van der Waals surface area (Å²) in [7, 11) is 3.54. The molecule has 0 bridgehead atoms. The van der Waals surface area contributed by atoms with Crippen molar-refractivity contribution in [1.29, 1.82) is 0 Å². The molecule has 1 saturated heterocycles. The van der Waals surface area contributed by atoms with Gasteiger partial charge < -0.3 is 15.0 Å². The summed E-state index contributed by atoms with van der Waals surface area (Å²) in [5, 5.41) is 3.48. The van der Waals surface area contributed by atoms with Gasteiger partial charge in [-0.2, -0.15) is 0 Å². The highest BCUT2D eigenvalue weighted by Gasteiger charge is 2.11. The molecule has 4 heteroatoms. The van der Waals surface area contributed by atoms with Gasteiger partial charge in [0.25, 0.3) is 0 Å². The molecule has 0 radical (unpaired) electrons. The quantitative estimate of drug-likeness (QED) is 0.690. The third-order valence-electron chi connectivity index (χ3n) is 2.98. The van der Waals surface area contributed by atoms with E-state index in [0.717, 1.165) is 19.6 Å². The first-order valence-electron chi connectivity index (χ1n) is 6.21. The number of nitrogens with zero attached hydrogens (tertiary/aromatic N) is 1. The summed E-state index contributed by atoms with van der Waals surface area (Å²) < 4.78 is 5.47. The highest BCUT2D eigenvalue weighted by atomic mass is 16.5. The van der Waals surface area contributed by atoms with E-state index in [1.165, 1.54) is 19.3 Å². The average molecular weight is 228 g/mol. The second-order valence-electron chi connectivity index (χ2n) is 4.59. The first-order valence-corrected chi connectivity index (χ1v) is 6.21. The minimum Gasteiger partial charge on any atom is -0.381 e. The number of piperidine rings is 1. The number of nitrogens with one attached hydrogen (secondary N) is 1. The number of carbonyl (C=O) groups is 1.